The van der Waals surface area contributed by atoms with Crippen LogP contribution in [0.25, 0.3) is 0 Å². The molecule has 2 rings (SSSR count). The van der Waals surface area contributed by atoms with Crippen molar-refractivity contribution in [3.63, 3.8) is 0 Å². The number of pyridine rings is 1. The molecular formula is C18H21ClN2O3. The number of hydrogen-bond acceptors (Lipinski definition) is 3. The SMILES string of the molecule is Cc1ccc(Cl)c(O[C@@H](C)C(=O)NCc2c(C)cc(C)[nH]c2=O)c1. The average molecular weight is 349 g/mol. The molecule has 0 radical (unpaired) electrons. The van der Waals surface area contributed by atoms with Gasteiger partial charge in [-0.05, 0) is 57.0 Å². The number of aryl methyl sites for hydroxylation is 3. The summed E-state index contributed by atoms with van der Waals surface area (Å²) < 4.78 is 5.63. The van der Waals surface area contributed by atoms with E-state index in [0.29, 0.717) is 16.3 Å². The van der Waals surface area contributed by atoms with E-state index in [9.17, 15) is 9.59 Å². The number of amides is 1. The van der Waals surface area contributed by atoms with Gasteiger partial charge in [0.05, 0.1) is 5.02 Å². The van der Waals surface area contributed by atoms with Gasteiger partial charge in [-0.2, -0.15) is 0 Å². The van der Waals surface area contributed by atoms with Crippen molar-refractivity contribution in [2.24, 2.45) is 0 Å². The van der Waals surface area contributed by atoms with E-state index in [4.69, 9.17) is 16.3 Å². The molecule has 1 atom stereocenters. The van der Waals surface area contributed by atoms with Gasteiger partial charge in [0.1, 0.15) is 5.75 Å². The molecule has 1 heterocycles. The van der Waals surface area contributed by atoms with Crippen LogP contribution in [0.4, 0.5) is 0 Å². The standard InChI is InChI=1S/C18H21ClN2O3/c1-10-5-6-15(19)16(7-10)24-13(4)17(22)20-9-14-11(2)8-12(3)21-18(14)23/h5-8,13H,9H2,1-4H3,(H,20,22)(H,21,23)/t13-/m0/s1. The molecular weight excluding hydrogens is 328 g/mol. The third kappa shape index (κ3) is 4.38. The van der Waals surface area contributed by atoms with Crippen molar-refractivity contribution in [2.45, 2.75) is 40.3 Å². The minimum absolute atomic E-state index is 0.148. The number of aromatic amines is 1. The van der Waals surface area contributed by atoms with Crippen LogP contribution in [0.1, 0.15) is 29.3 Å². The smallest absolute Gasteiger partial charge is 0.261 e. The highest BCUT2D eigenvalue weighted by molar-refractivity contribution is 6.32. The van der Waals surface area contributed by atoms with Gasteiger partial charge in [0, 0.05) is 17.8 Å². The van der Waals surface area contributed by atoms with Crippen LogP contribution in [0.3, 0.4) is 0 Å². The van der Waals surface area contributed by atoms with Crippen LogP contribution in [0.2, 0.25) is 5.02 Å². The Kier molecular flexibility index (Phi) is 5.67. The monoisotopic (exact) mass is 348 g/mol. The first kappa shape index (κ1) is 18.1. The predicted octanol–water partition coefficient (Wildman–Crippen LogP) is 3.04. The summed E-state index contributed by atoms with van der Waals surface area (Å²) in [6.45, 7) is 7.37. The molecule has 0 bridgehead atoms. The lowest BCUT2D eigenvalue weighted by Gasteiger charge is -2.16. The lowest BCUT2D eigenvalue weighted by Crippen LogP contribution is -2.37. The fourth-order valence-electron chi connectivity index (χ4n) is 2.37. The zero-order chi connectivity index (χ0) is 17.9. The number of rotatable bonds is 5. The maximum Gasteiger partial charge on any atom is 0.261 e. The van der Waals surface area contributed by atoms with E-state index in [-0.39, 0.29) is 18.0 Å². The van der Waals surface area contributed by atoms with Crippen molar-refractivity contribution in [1.29, 1.82) is 0 Å². The van der Waals surface area contributed by atoms with Crippen LogP contribution in [-0.4, -0.2) is 17.0 Å². The minimum atomic E-state index is -0.728. The molecule has 0 saturated heterocycles. The molecule has 2 N–H and O–H groups in total. The maximum absolute atomic E-state index is 12.2. The third-order valence-corrected chi connectivity index (χ3v) is 4.01. The lowest BCUT2D eigenvalue weighted by atomic mass is 10.1. The van der Waals surface area contributed by atoms with Gasteiger partial charge >= 0.3 is 0 Å². The molecule has 2 aromatic rings. The number of nitrogens with one attached hydrogen (secondary N) is 2. The molecule has 0 spiro atoms. The quantitative estimate of drug-likeness (QED) is 0.872. The van der Waals surface area contributed by atoms with Crippen molar-refractivity contribution >= 4 is 17.5 Å². The van der Waals surface area contributed by atoms with Gasteiger partial charge in [-0.3, -0.25) is 9.59 Å². The van der Waals surface area contributed by atoms with E-state index in [0.717, 1.165) is 16.8 Å². The Balaban J connectivity index is 2.02. The van der Waals surface area contributed by atoms with E-state index in [1.54, 1.807) is 19.1 Å². The number of H-pyrrole nitrogens is 1. The molecule has 0 aliphatic heterocycles. The largest absolute Gasteiger partial charge is 0.479 e. The highest BCUT2D eigenvalue weighted by atomic mass is 35.5. The van der Waals surface area contributed by atoms with Gasteiger partial charge < -0.3 is 15.0 Å². The first-order chi connectivity index (χ1) is 11.3. The third-order valence-electron chi connectivity index (χ3n) is 3.69. The number of hydrogen-bond donors (Lipinski definition) is 2. The summed E-state index contributed by atoms with van der Waals surface area (Å²) in [5.74, 6) is 0.149. The Morgan fingerprint density at radius 2 is 2.00 bits per heavy atom. The first-order valence-electron chi connectivity index (χ1n) is 7.68. The molecule has 0 aliphatic carbocycles. The summed E-state index contributed by atoms with van der Waals surface area (Å²) in [5, 5.41) is 3.18. The Labute approximate surface area is 146 Å². The molecule has 24 heavy (non-hydrogen) atoms. The molecule has 0 fully saturated rings. The molecule has 0 unspecified atom stereocenters. The van der Waals surface area contributed by atoms with Crippen molar-refractivity contribution < 1.29 is 9.53 Å². The van der Waals surface area contributed by atoms with Crippen LogP contribution in [-0.2, 0) is 11.3 Å². The summed E-state index contributed by atoms with van der Waals surface area (Å²) in [5.41, 5.74) is 2.96. The molecule has 1 amide bonds. The Bertz CT molecular complexity index is 814. The second-order valence-electron chi connectivity index (χ2n) is 5.85. The minimum Gasteiger partial charge on any atom is -0.479 e. The van der Waals surface area contributed by atoms with E-state index < -0.39 is 6.10 Å². The van der Waals surface area contributed by atoms with E-state index in [2.05, 4.69) is 10.3 Å². The summed E-state index contributed by atoms with van der Waals surface area (Å²) in [6, 6.07) is 7.24. The molecule has 1 aromatic heterocycles. The van der Waals surface area contributed by atoms with Gasteiger partial charge in [0.15, 0.2) is 6.10 Å². The average Bonchev–Trinajstić information content (AvgIpc) is 2.49. The van der Waals surface area contributed by atoms with Gasteiger partial charge in [0.2, 0.25) is 0 Å². The topological polar surface area (TPSA) is 71.2 Å². The molecule has 6 heteroatoms. The number of carbonyl (C=O) groups excluding carboxylic acids is 1. The van der Waals surface area contributed by atoms with Crippen LogP contribution in [0.5, 0.6) is 5.75 Å². The van der Waals surface area contributed by atoms with E-state index in [1.165, 1.54) is 0 Å². The summed E-state index contributed by atoms with van der Waals surface area (Å²) in [4.78, 5) is 26.9. The number of aromatic nitrogens is 1. The summed E-state index contributed by atoms with van der Waals surface area (Å²) >= 11 is 6.07. The molecule has 0 aliphatic rings. The zero-order valence-electron chi connectivity index (χ0n) is 14.2. The second kappa shape index (κ2) is 7.53. The summed E-state index contributed by atoms with van der Waals surface area (Å²) in [6.07, 6.45) is -0.728. The lowest BCUT2D eigenvalue weighted by molar-refractivity contribution is -0.127. The fourth-order valence-corrected chi connectivity index (χ4v) is 2.53. The highest BCUT2D eigenvalue weighted by Crippen LogP contribution is 2.26. The van der Waals surface area contributed by atoms with Gasteiger partial charge in [-0.1, -0.05) is 17.7 Å². The number of carbonyl (C=O) groups is 1. The van der Waals surface area contributed by atoms with Crippen LogP contribution in [0.15, 0.2) is 29.1 Å². The van der Waals surface area contributed by atoms with Gasteiger partial charge in [-0.25, -0.2) is 0 Å². The fraction of sp³-hybridized carbons (Fsp3) is 0.333. The second-order valence-corrected chi connectivity index (χ2v) is 6.26. The van der Waals surface area contributed by atoms with Crippen LogP contribution < -0.4 is 15.6 Å². The Hall–Kier alpha value is -2.27. The van der Waals surface area contributed by atoms with Crippen molar-refractivity contribution in [2.75, 3.05) is 0 Å². The Morgan fingerprint density at radius 3 is 2.67 bits per heavy atom. The van der Waals surface area contributed by atoms with Gasteiger partial charge in [-0.15, -0.1) is 0 Å². The maximum atomic E-state index is 12.2. The molecule has 128 valence electrons. The molecule has 5 nitrogen and oxygen atoms in total. The van der Waals surface area contributed by atoms with Crippen LogP contribution in [0, 0.1) is 20.8 Å². The highest BCUT2D eigenvalue weighted by Gasteiger charge is 2.17. The predicted molar refractivity (Wildman–Crippen MR) is 94.7 cm³/mol. The van der Waals surface area contributed by atoms with Crippen molar-refractivity contribution in [3.05, 3.63) is 62.0 Å². The van der Waals surface area contributed by atoms with E-state index >= 15 is 0 Å². The first-order valence-corrected chi connectivity index (χ1v) is 8.05. The molecule has 0 saturated carbocycles. The molecule has 1 aromatic carbocycles. The van der Waals surface area contributed by atoms with Crippen LogP contribution >= 0.6 is 11.6 Å². The van der Waals surface area contributed by atoms with E-state index in [1.807, 2.05) is 32.9 Å². The normalized spacial score (nSPS) is 11.9. The zero-order valence-corrected chi connectivity index (χ0v) is 15.0. The summed E-state index contributed by atoms with van der Waals surface area (Å²) in [7, 11) is 0. The number of halogens is 1. The van der Waals surface area contributed by atoms with Crippen molar-refractivity contribution in [3.8, 4) is 5.75 Å². The number of benzene rings is 1. The Morgan fingerprint density at radius 1 is 1.29 bits per heavy atom. The van der Waals surface area contributed by atoms with Gasteiger partial charge in [0.25, 0.3) is 11.5 Å². The number of ether oxygens (including phenoxy) is 1. The van der Waals surface area contributed by atoms with Crippen molar-refractivity contribution in [1.82, 2.24) is 10.3 Å².